The van der Waals surface area contributed by atoms with Crippen molar-refractivity contribution in [2.75, 3.05) is 6.61 Å². The van der Waals surface area contributed by atoms with Gasteiger partial charge >= 0.3 is 12.1 Å². The van der Waals surface area contributed by atoms with Gasteiger partial charge in [0.05, 0.1) is 18.6 Å². The van der Waals surface area contributed by atoms with Gasteiger partial charge in [0.15, 0.2) is 0 Å². The van der Waals surface area contributed by atoms with Crippen LogP contribution in [0.1, 0.15) is 42.4 Å². The van der Waals surface area contributed by atoms with E-state index in [1.165, 1.54) is 6.07 Å². The van der Waals surface area contributed by atoms with E-state index in [1.54, 1.807) is 6.07 Å². The first kappa shape index (κ1) is 20.9. The van der Waals surface area contributed by atoms with E-state index in [1.807, 2.05) is 49.4 Å². The first-order valence-corrected chi connectivity index (χ1v) is 9.64. The van der Waals surface area contributed by atoms with Gasteiger partial charge in [-0.25, -0.2) is 0 Å². The van der Waals surface area contributed by atoms with Crippen molar-refractivity contribution in [3.05, 3.63) is 83.4 Å². The normalized spacial score (nSPS) is 12.7. The Kier molecular flexibility index (Phi) is 6.57. The second kappa shape index (κ2) is 9.12. The van der Waals surface area contributed by atoms with Crippen molar-refractivity contribution in [1.29, 1.82) is 0 Å². The van der Waals surface area contributed by atoms with Crippen LogP contribution in [0.25, 0.3) is 10.8 Å². The zero-order chi connectivity index (χ0) is 20.9. The number of halogens is 3. The highest BCUT2D eigenvalue weighted by Crippen LogP contribution is 2.30. The zero-order valence-corrected chi connectivity index (χ0v) is 16.2. The number of ether oxygens (including phenoxy) is 1. The highest BCUT2D eigenvalue weighted by atomic mass is 19.4. The average molecular weight is 400 g/mol. The highest BCUT2D eigenvalue weighted by Gasteiger charge is 2.30. The SMILES string of the molecule is C[C@@H](CC(=O)OCCCc1cccc(C(F)(F)F)c1)c1cccc2ccccc12. The molecule has 0 N–H and O–H groups in total. The van der Waals surface area contributed by atoms with Crippen molar-refractivity contribution in [2.45, 2.75) is 38.3 Å². The Hall–Kier alpha value is -2.82. The molecule has 3 aromatic carbocycles. The topological polar surface area (TPSA) is 26.3 Å². The Balaban J connectivity index is 1.49. The second-order valence-corrected chi connectivity index (χ2v) is 7.20. The van der Waals surface area contributed by atoms with Crippen LogP contribution in [0.3, 0.4) is 0 Å². The van der Waals surface area contributed by atoms with E-state index < -0.39 is 11.7 Å². The lowest BCUT2D eigenvalue weighted by atomic mass is 9.92. The van der Waals surface area contributed by atoms with Gasteiger partial charge in [-0.05, 0) is 46.7 Å². The molecule has 0 saturated carbocycles. The summed E-state index contributed by atoms with van der Waals surface area (Å²) in [6.45, 7) is 2.18. The predicted octanol–water partition coefficient (Wildman–Crippen LogP) is 6.53. The lowest BCUT2D eigenvalue weighted by Crippen LogP contribution is -2.10. The Morgan fingerprint density at radius 2 is 1.72 bits per heavy atom. The molecule has 0 aliphatic heterocycles. The molecular weight excluding hydrogens is 377 g/mol. The van der Waals surface area contributed by atoms with Crippen molar-refractivity contribution in [3.63, 3.8) is 0 Å². The summed E-state index contributed by atoms with van der Waals surface area (Å²) >= 11 is 0. The fourth-order valence-electron chi connectivity index (χ4n) is 3.46. The summed E-state index contributed by atoms with van der Waals surface area (Å²) in [5.41, 5.74) is 1.03. The number of rotatable bonds is 7. The molecule has 29 heavy (non-hydrogen) atoms. The zero-order valence-electron chi connectivity index (χ0n) is 16.2. The van der Waals surface area contributed by atoms with Crippen molar-refractivity contribution < 1.29 is 22.7 Å². The van der Waals surface area contributed by atoms with E-state index in [0.29, 0.717) is 18.4 Å². The van der Waals surface area contributed by atoms with Crippen LogP contribution in [0, 0.1) is 0 Å². The number of carbonyl (C=O) groups is 1. The summed E-state index contributed by atoms with van der Waals surface area (Å²) < 4.78 is 43.6. The Bertz CT molecular complexity index is 974. The van der Waals surface area contributed by atoms with E-state index in [-0.39, 0.29) is 24.9 Å². The molecule has 0 heterocycles. The molecule has 0 spiro atoms. The van der Waals surface area contributed by atoms with Crippen LogP contribution in [0.5, 0.6) is 0 Å². The molecule has 0 unspecified atom stereocenters. The molecule has 0 aromatic heterocycles. The summed E-state index contributed by atoms with van der Waals surface area (Å²) in [7, 11) is 0. The molecule has 0 radical (unpaired) electrons. The molecular formula is C24H23F3O2. The molecule has 3 aromatic rings. The van der Waals surface area contributed by atoms with Crippen LogP contribution in [0.15, 0.2) is 66.7 Å². The largest absolute Gasteiger partial charge is 0.466 e. The first-order valence-electron chi connectivity index (χ1n) is 9.64. The number of aryl methyl sites for hydroxylation is 1. The standard InChI is InChI=1S/C24H23F3O2/c1-17(21-13-5-10-19-9-2-3-12-22(19)21)15-23(28)29-14-6-8-18-7-4-11-20(16-18)24(25,26)27/h2-5,7,9-13,16-17H,6,8,14-15H2,1H3/t17-/m0/s1. The van der Waals surface area contributed by atoms with Crippen LogP contribution >= 0.6 is 0 Å². The van der Waals surface area contributed by atoms with Crippen LogP contribution in [-0.2, 0) is 22.1 Å². The number of fused-ring (bicyclic) bond motifs is 1. The van der Waals surface area contributed by atoms with Crippen LogP contribution in [0.2, 0.25) is 0 Å². The van der Waals surface area contributed by atoms with Gasteiger partial charge in [-0.2, -0.15) is 13.2 Å². The predicted molar refractivity (Wildman–Crippen MR) is 108 cm³/mol. The molecule has 2 nitrogen and oxygen atoms in total. The van der Waals surface area contributed by atoms with Gasteiger partial charge in [-0.3, -0.25) is 4.79 Å². The molecule has 0 bridgehead atoms. The molecule has 0 aliphatic carbocycles. The maximum atomic E-state index is 12.8. The monoisotopic (exact) mass is 400 g/mol. The van der Waals surface area contributed by atoms with Crippen LogP contribution < -0.4 is 0 Å². The maximum Gasteiger partial charge on any atom is 0.416 e. The number of carbonyl (C=O) groups excluding carboxylic acids is 1. The van der Waals surface area contributed by atoms with Crippen LogP contribution in [0.4, 0.5) is 13.2 Å². The van der Waals surface area contributed by atoms with Gasteiger partial charge in [0.2, 0.25) is 0 Å². The molecule has 0 saturated heterocycles. The maximum absolute atomic E-state index is 12.8. The third kappa shape index (κ3) is 5.59. The van der Waals surface area contributed by atoms with Gasteiger partial charge < -0.3 is 4.74 Å². The summed E-state index contributed by atoms with van der Waals surface area (Å²) in [6.07, 6.45) is -3.18. The lowest BCUT2D eigenvalue weighted by molar-refractivity contribution is -0.144. The van der Waals surface area contributed by atoms with E-state index >= 15 is 0 Å². The highest BCUT2D eigenvalue weighted by molar-refractivity contribution is 5.86. The van der Waals surface area contributed by atoms with E-state index in [4.69, 9.17) is 4.74 Å². The minimum absolute atomic E-state index is 0.0112. The lowest BCUT2D eigenvalue weighted by Gasteiger charge is -2.14. The van der Waals surface area contributed by atoms with Crippen molar-refractivity contribution in [2.24, 2.45) is 0 Å². The van der Waals surface area contributed by atoms with Gasteiger partial charge in [0, 0.05) is 0 Å². The van der Waals surface area contributed by atoms with Crippen molar-refractivity contribution >= 4 is 16.7 Å². The molecule has 0 aliphatic rings. The summed E-state index contributed by atoms with van der Waals surface area (Å²) in [5.74, 6) is -0.286. The van der Waals surface area contributed by atoms with Gasteiger partial charge in [-0.15, -0.1) is 0 Å². The van der Waals surface area contributed by atoms with E-state index in [0.717, 1.165) is 28.5 Å². The van der Waals surface area contributed by atoms with E-state index in [9.17, 15) is 18.0 Å². The van der Waals surface area contributed by atoms with Gasteiger partial charge in [0.25, 0.3) is 0 Å². The quantitative estimate of drug-likeness (QED) is 0.333. The Morgan fingerprint density at radius 3 is 2.52 bits per heavy atom. The van der Waals surface area contributed by atoms with Gasteiger partial charge in [0.1, 0.15) is 0 Å². The van der Waals surface area contributed by atoms with Crippen molar-refractivity contribution in [1.82, 2.24) is 0 Å². The van der Waals surface area contributed by atoms with Crippen LogP contribution in [-0.4, -0.2) is 12.6 Å². The minimum Gasteiger partial charge on any atom is -0.466 e. The number of alkyl halides is 3. The third-order valence-corrected chi connectivity index (χ3v) is 4.95. The fraction of sp³-hybridized carbons (Fsp3) is 0.292. The number of benzene rings is 3. The number of esters is 1. The summed E-state index contributed by atoms with van der Waals surface area (Å²) in [4.78, 5) is 12.2. The molecule has 0 amide bonds. The molecule has 3 rings (SSSR count). The fourth-order valence-corrected chi connectivity index (χ4v) is 3.46. The summed E-state index contributed by atoms with van der Waals surface area (Å²) in [5, 5.41) is 2.26. The Morgan fingerprint density at radius 1 is 1.00 bits per heavy atom. The minimum atomic E-state index is -4.35. The Labute approximate surface area is 168 Å². The van der Waals surface area contributed by atoms with E-state index in [2.05, 4.69) is 0 Å². The summed E-state index contributed by atoms with van der Waals surface area (Å²) in [6, 6.07) is 19.3. The third-order valence-electron chi connectivity index (χ3n) is 4.95. The number of hydrogen-bond donors (Lipinski definition) is 0. The van der Waals surface area contributed by atoms with Gasteiger partial charge in [-0.1, -0.05) is 67.6 Å². The molecule has 1 atom stereocenters. The smallest absolute Gasteiger partial charge is 0.416 e. The van der Waals surface area contributed by atoms with Crippen molar-refractivity contribution in [3.8, 4) is 0 Å². The number of hydrogen-bond acceptors (Lipinski definition) is 2. The second-order valence-electron chi connectivity index (χ2n) is 7.20. The molecule has 5 heteroatoms. The average Bonchev–Trinajstić information content (AvgIpc) is 2.70. The molecule has 0 fully saturated rings. The molecule has 152 valence electrons. The first-order chi connectivity index (χ1) is 13.8.